The zero-order chi connectivity index (χ0) is 11.4. The molecule has 15 heavy (non-hydrogen) atoms. The van der Waals surface area contributed by atoms with Crippen molar-refractivity contribution >= 4 is 15.9 Å². The summed E-state index contributed by atoms with van der Waals surface area (Å²) in [5.41, 5.74) is 5.39. The molecule has 0 radical (unpaired) electrons. The summed E-state index contributed by atoms with van der Waals surface area (Å²) in [6, 6.07) is 6.59. The lowest BCUT2D eigenvalue weighted by atomic mass is 9.92. The van der Waals surface area contributed by atoms with Gasteiger partial charge in [-0.1, -0.05) is 48.3 Å². The van der Waals surface area contributed by atoms with Crippen LogP contribution in [0.15, 0.2) is 22.7 Å². The fourth-order valence-electron chi connectivity index (χ4n) is 1.68. The van der Waals surface area contributed by atoms with Crippen LogP contribution in [0.3, 0.4) is 0 Å². The summed E-state index contributed by atoms with van der Waals surface area (Å²) in [6.45, 7) is 6.47. The van der Waals surface area contributed by atoms with E-state index in [0.29, 0.717) is 5.92 Å². The topological polar surface area (TPSA) is 38.0 Å². The van der Waals surface area contributed by atoms with Crippen molar-refractivity contribution in [1.82, 2.24) is 5.43 Å². The minimum absolute atomic E-state index is 0.213. The number of aryl methyl sites for hydroxylation is 1. The first-order valence-electron chi connectivity index (χ1n) is 5.32. The highest BCUT2D eigenvalue weighted by atomic mass is 79.9. The molecule has 0 aliphatic carbocycles. The van der Waals surface area contributed by atoms with E-state index < -0.39 is 0 Å². The third-order valence-electron chi connectivity index (χ3n) is 2.88. The van der Waals surface area contributed by atoms with Crippen LogP contribution < -0.4 is 11.3 Å². The van der Waals surface area contributed by atoms with Gasteiger partial charge < -0.3 is 0 Å². The van der Waals surface area contributed by atoms with Crippen molar-refractivity contribution in [2.24, 2.45) is 11.8 Å². The van der Waals surface area contributed by atoms with Crippen LogP contribution in [0.1, 0.15) is 37.4 Å². The third-order valence-corrected chi connectivity index (χ3v) is 3.57. The Bertz CT molecular complexity index is 325. The maximum absolute atomic E-state index is 5.62. The summed E-state index contributed by atoms with van der Waals surface area (Å²) in [5.74, 6) is 6.14. The zero-order valence-electron chi connectivity index (χ0n) is 9.55. The molecule has 0 aliphatic heterocycles. The van der Waals surface area contributed by atoms with Gasteiger partial charge in [0.1, 0.15) is 0 Å². The molecule has 0 heterocycles. The fourth-order valence-corrected chi connectivity index (χ4v) is 2.42. The molecule has 0 saturated carbocycles. The van der Waals surface area contributed by atoms with Gasteiger partial charge in [-0.2, -0.15) is 0 Å². The average molecular weight is 271 g/mol. The second-order valence-electron chi connectivity index (χ2n) is 4.05. The Morgan fingerprint density at radius 2 is 2.13 bits per heavy atom. The van der Waals surface area contributed by atoms with E-state index in [1.165, 1.54) is 11.1 Å². The molecule has 2 atom stereocenters. The first kappa shape index (κ1) is 12.7. The Morgan fingerprint density at radius 1 is 1.47 bits per heavy atom. The maximum Gasteiger partial charge on any atom is 0.0496 e. The van der Waals surface area contributed by atoms with Crippen molar-refractivity contribution in [2.45, 2.75) is 33.2 Å². The minimum Gasteiger partial charge on any atom is -0.271 e. The minimum atomic E-state index is 0.213. The highest BCUT2D eigenvalue weighted by molar-refractivity contribution is 9.10. The van der Waals surface area contributed by atoms with Gasteiger partial charge in [0, 0.05) is 10.5 Å². The molecule has 0 aliphatic rings. The quantitative estimate of drug-likeness (QED) is 0.651. The SMILES string of the molecule is CCC(C)C(NN)c1ccc(C)cc1Br. The Balaban J connectivity index is 3.01. The number of hydrazine groups is 1. The second-order valence-corrected chi connectivity index (χ2v) is 4.91. The highest BCUT2D eigenvalue weighted by Gasteiger charge is 2.18. The van der Waals surface area contributed by atoms with E-state index in [1.54, 1.807) is 0 Å². The number of rotatable bonds is 4. The predicted octanol–water partition coefficient (Wildman–Crippen LogP) is 3.31. The molecule has 84 valence electrons. The van der Waals surface area contributed by atoms with Crippen LogP contribution >= 0.6 is 15.9 Å². The molecular formula is C12H19BrN2. The van der Waals surface area contributed by atoms with Crippen LogP contribution in [0.5, 0.6) is 0 Å². The molecule has 1 aromatic carbocycles. The number of nitrogens with two attached hydrogens (primary N) is 1. The number of nitrogens with one attached hydrogen (secondary N) is 1. The highest BCUT2D eigenvalue weighted by Crippen LogP contribution is 2.30. The standard InChI is InChI=1S/C12H19BrN2/c1-4-9(3)12(15-14)10-6-5-8(2)7-11(10)13/h5-7,9,12,15H,4,14H2,1-3H3. The van der Waals surface area contributed by atoms with Gasteiger partial charge in [-0.05, 0) is 30.0 Å². The van der Waals surface area contributed by atoms with Crippen molar-refractivity contribution in [3.05, 3.63) is 33.8 Å². The number of hydrogen-bond donors (Lipinski definition) is 2. The lowest BCUT2D eigenvalue weighted by molar-refractivity contribution is 0.382. The van der Waals surface area contributed by atoms with Gasteiger partial charge in [0.2, 0.25) is 0 Å². The molecule has 3 heteroatoms. The molecule has 2 nitrogen and oxygen atoms in total. The van der Waals surface area contributed by atoms with Gasteiger partial charge in [0.25, 0.3) is 0 Å². The van der Waals surface area contributed by atoms with E-state index in [9.17, 15) is 0 Å². The Morgan fingerprint density at radius 3 is 2.60 bits per heavy atom. The summed E-state index contributed by atoms with van der Waals surface area (Å²) in [5, 5.41) is 0. The Labute approximate surface area is 100 Å². The van der Waals surface area contributed by atoms with Crippen molar-refractivity contribution in [2.75, 3.05) is 0 Å². The molecule has 1 aromatic rings. The molecule has 2 unspecified atom stereocenters. The van der Waals surface area contributed by atoms with Crippen LogP contribution in [0.2, 0.25) is 0 Å². The normalized spacial score (nSPS) is 15.0. The largest absolute Gasteiger partial charge is 0.271 e. The van der Waals surface area contributed by atoms with Gasteiger partial charge >= 0.3 is 0 Å². The van der Waals surface area contributed by atoms with E-state index in [0.717, 1.165) is 10.9 Å². The Hall–Kier alpha value is -0.380. The van der Waals surface area contributed by atoms with Gasteiger partial charge in [0.05, 0.1) is 0 Å². The lowest BCUT2D eigenvalue weighted by Crippen LogP contribution is -2.32. The van der Waals surface area contributed by atoms with E-state index >= 15 is 0 Å². The number of benzene rings is 1. The van der Waals surface area contributed by atoms with Crippen LogP contribution in [0, 0.1) is 12.8 Å². The van der Waals surface area contributed by atoms with E-state index in [4.69, 9.17) is 5.84 Å². The third kappa shape index (κ3) is 3.03. The summed E-state index contributed by atoms with van der Waals surface area (Å²) in [6.07, 6.45) is 1.11. The number of halogens is 1. The van der Waals surface area contributed by atoms with Crippen LogP contribution in [0.25, 0.3) is 0 Å². The number of hydrogen-bond acceptors (Lipinski definition) is 2. The lowest BCUT2D eigenvalue weighted by Gasteiger charge is -2.23. The van der Waals surface area contributed by atoms with Crippen molar-refractivity contribution < 1.29 is 0 Å². The monoisotopic (exact) mass is 270 g/mol. The summed E-state index contributed by atoms with van der Waals surface area (Å²) in [7, 11) is 0. The van der Waals surface area contributed by atoms with Gasteiger partial charge in [0.15, 0.2) is 0 Å². The van der Waals surface area contributed by atoms with Crippen LogP contribution in [-0.2, 0) is 0 Å². The van der Waals surface area contributed by atoms with Crippen molar-refractivity contribution in [1.29, 1.82) is 0 Å². The zero-order valence-corrected chi connectivity index (χ0v) is 11.1. The molecule has 0 saturated heterocycles. The molecule has 0 fully saturated rings. The van der Waals surface area contributed by atoms with E-state index in [2.05, 4.69) is 60.3 Å². The molecular weight excluding hydrogens is 252 g/mol. The molecule has 0 aromatic heterocycles. The molecule has 3 N–H and O–H groups in total. The average Bonchev–Trinajstić information content (AvgIpc) is 2.21. The Kier molecular flexibility index (Phi) is 4.77. The molecule has 0 spiro atoms. The smallest absolute Gasteiger partial charge is 0.0496 e. The maximum atomic E-state index is 5.62. The van der Waals surface area contributed by atoms with E-state index in [-0.39, 0.29) is 6.04 Å². The first-order valence-corrected chi connectivity index (χ1v) is 6.11. The molecule has 1 rings (SSSR count). The summed E-state index contributed by atoms with van der Waals surface area (Å²) in [4.78, 5) is 0. The fraction of sp³-hybridized carbons (Fsp3) is 0.500. The van der Waals surface area contributed by atoms with E-state index in [1.807, 2.05) is 0 Å². The summed E-state index contributed by atoms with van der Waals surface area (Å²) >= 11 is 3.59. The van der Waals surface area contributed by atoms with Crippen LogP contribution in [0.4, 0.5) is 0 Å². The van der Waals surface area contributed by atoms with Crippen LogP contribution in [-0.4, -0.2) is 0 Å². The van der Waals surface area contributed by atoms with Gasteiger partial charge in [-0.3, -0.25) is 11.3 Å². The predicted molar refractivity (Wildman–Crippen MR) is 68.4 cm³/mol. The summed E-state index contributed by atoms with van der Waals surface area (Å²) < 4.78 is 1.13. The first-order chi connectivity index (χ1) is 7.10. The second kappa shape index (κ2) is 5.64. The molecule has 0 amide bonds. The van der Waals surface area contributed by atoms with Gasteiger partial charge in [-0.25, -0.2) is 0 Å². The van der Waals surface area contributed by atoms with Gasteiger partial charge in [-0.15, -0.1) is 0 Å². The van der Waals surface area contributed by atoms with Crippen molar-refractivity contribution in [3.8, 4) is 0 Å². The van der Waals surface area contributed by atoms with Crippen molar-refractivity contribution in [3.63, 3.8) is 0 Å². The molecule has 0 bridgehead atoms.